The number of nitrogens with two attached hydrogens (primary N) is 1. The van der Waals surface area contributed by atoms with E-state index in [1.54, 1.807) is 12.1 Å². The molecule has 2 amide bonds. The van der Waals surface area contributed by atoms with E-state index in [2.05, 4.69) is 9.80 Å². The highest BCUT2D eigenvalue weighted by atomic mass is 35.5. The van der Waals surface area contributed by atoms with Crippen molar-refractivity contribution in [2.45, 2.75) is 37.4 Å². The van der Waals surface area contributed by atoms with Crippen molar-refractivity contribution in [3.8, 4) is 0 Å². The van der Waals surface area contributed by atoms with Crippen molar-refractivity contribution >= 4 is 35.0 Å². The molecule has 0 radical (unpaired) electrons. The van der Waals surface area contributed by atoms with Gasteiger partial charge in [0, 0.05) is 13.1 Å². The molecule has 164 valence electrons. The van der Waals surface area contributed by atoms with E-state index in [1.807, 2.05) is 11.0 Å². The molecular formula is C21H28Cl2N4O3. The normalized spacial score (nSPS) is 27.8. The third kappa shape index (κ3) is 4.60. The maximum Gasteiger partial charge on any atom is 0.231 e. The zero-order valence-electron chi connectivity index (χ0n) is 16.9. The molecule has 3 aliphatic heterocycles. The van der Waals surface area contributed by atoms with E-state index in [0.29, 0.717) is 36.3 Å². The van der Waals surface area contributed by atoms with Crippen molar-refractivity contribution in [3.05, 3.63) is 33.8 Å². The fourth-order valence-electron chi connectivity index (χ4n) is 5.06. The van der Waals surface area contributed by atoms with Gasteiger partial charge in [0.15, 0.2) is 0 Å². The van der Waals surface area contributed by atoms with Crippen molar-refractivity contribution in [1.82, 2.24) is 14.7 Å². The second-order valence-corrected chi connectivity index (χ2v) is 9.17. The van der Waals surface area contributed by atoms with Crippen LogP contribution < -0.4 is 5.73 Å². The Hall–Kier alpha value is -1.38. The van der Waals surface area contributed by atoms with Crippen LogP contribution in [-0.2, 0) is 20.7 Å². The van der Waals surface area contributed by atoms with Crippen molar-refractivity contribution in [2.24, 2.45) is 5.73 Å². The highest BCUT2D eigenvalue weighted by Crippen LogP contribution is 2.30. The molecule has 0 aromatic heterocycles. The van der Waals surface area contributed by atoms with Gasteiger partial charge in [0.2, 0.25) is 11.8 Å². The molecule has 0 aliphatic carbocycles. The Morgan fingerprint density at radius 1 is 1.03 bits per heavy atom. The van der Waals surface area contributed by atoms with Crippen LogP contribution in [0.5, 0.6) is 0 Å². The number of fused-ring (bicyclic) bond motifs is 1. The van der Waals surface area contributed by atoms with Crippen molar-refractivity contribution in [3.63, 3.8) is 0 Å². The summed E-state index contributed by atoms with van der Waals surface area (Å²) in [6.45, 7) is 4.49. The van der Waals surface area contributed by atoms with E-state index >= 15 is 0 Å². The number of hydrogen-bond acceptors (Lipinski definition) is 5. The summed E-state index contributed by atoms with van der Waals surface area (Å²) in [5, 5.41) is 0.929. The Bertz CT molecular complexity index is 802. The number of ether oxygens (including phenoxy) is 1. The summed E-state index contributed by atoms with van der Waals surface area (Å²) < 4.78 is 5.95. The first-order valence-corrected chi connectivity index (χ1v) is 11.3. The van der Waals surface area contributed by atoms with Gasteiger partial charge in [0.05, 0.1) is 54.4 Å². The number of carbonyl (C=O) groups is 2. The molecule has 1 aromatic rings. The van der Waals surface area contributed by atoms with Crippen LogP contribution in [0.2, 0.25) is 10.0 Å². The van der Waals surface area contributed by atoms with E-state index in [-0.39, 0.29) is 42.9 Å². The number of hydrogen-bond donors (Lipinski definition) is 1. The number of halogens is 2. The van der Waals surface area contributed by atoms with E-state index in [4.69, 9.17) is 33.7 Å². The fourth-order valence-corrected chi connectivity index (χ4v) is 5.38. The minimum absolute atomic E-state index is 0.0276. The van der Waals surface area contributed by atoms with Crippen LogP contribution in [-0.4, -0.2) is 90.6 Å². The van der Waals surface area contributed by atoms with Gasteiger partial charge in [0.25, 0.3) is 0 Å². The number of amides is 2. The SMILES string of the molecule is NC(=O)CN1CCN(C(=O)Cc2ccc(Cl)c(Cl)c2)[C@H]2C1COC[C@@H]2N1CCCC1. The number of piperazine rings is 1. The molecule has 1 aromatic carbocycles. The van der Waals surface area contributed by atoms with Crippen LogP contribution in [0.25, 0.3) is 0 Å². The Morgan fingerprint density at radius 3 is 2.47 bits per heavy atom. The van der Waals surface area contributed by atoms with Gasteiger partial charge in [-0.2, -0.15) is 0 Å². The minimum Gasteiger partial charge on any atom is -0.378 e. The molecular weight excluding hydrogens is 427 g/mol. The lowest BCUT2D eigenvalue weighted by Gasteiger charge is -2.54. The molecule has 4 rings (SSSR count). The Kier molecular flexibility index (Phi) is 6.85. The first kappa shape index (κ1) is 21.8. The van der Waals surface area contributed by atoms with Crippen LogP contribution in [0, 0.1) is 0 Å². The minimum atomic E-state index is -0.354. The third-order valence-corrected chi connectivity index (χ3v) is 7.19. The highest BCUT2D eigenvalue weighted by Gasteiger charge is 2.48. The molecule has 0 bridgehead atoms. The molecule has 3 heterocycles. The van der Waals surface area contributed by atoms with Gasteiger partial charge >= 0.3 is 0 Å². The van der Waals surface area contributed by atoms with E-state index in [9.17, 15) is 9.59 Å². The average molecular weight is 455 g/mol. The summed E-state index contributed by atoms with van der Waals surface area (Å²) in [5.74, 6) is -0.291. The van der Waals surface area contributed by atoms with Gasteiger partial charge < -0.3 is 15.4 Å². The van der Waals surface area contributed by atoms with Gasteiger partial charge in [-0.05, 0) is 43.6 Å². The molecule has 7 nitrogen and oxygen atoms in total. The first-order valence-electron chi connectivity index (χ1n) is 10.5. The summed E-state index contributed by atoms with van der Waals surface area (Å²) >= 11 is 12.2. The van der Waals surface area contributed by atoms with Crippen molar-refractivity contribution in [2.75, 3.05) is 45.9 Å². The second kappa shape index (κ2) is 9.40. The van der Waals surface area contributed by atoms with Crippen LogP contribution in [0.3, 0.4) is 0 Å². The van der Waals surface area contributed by atoms with Gasteiger partial charge in [-0.15, -0.1) is 0 Å². The highest BCUT2D eigenvalue weighted by molar-refractivity contribution is 6.42. The maximum absolute atomic E-state index is 13.4. The monoisotopic (exact) mass is 454 g/mol. The zero-order chi connectivity index (χ0) is 21.3. The summed E-state index contributed by atoms with van der Waals surface area (Å²) in [4.78, 5) is 31.5. The van der Waals surface area contributed by atoms with Crippen LogP contribution in [0.1, 0.15) is 18.4 Å². The molecule has 1 unspecified atom stereocenters. The van der Waals surface area contributed by atoms with Crippen LogP contribution in [0.15, 0.2) is 18.2 Å². The molecule has 9 heteroatoms. The lowest BCUT2D eigenvalue weighted by Crippen LogP contribution is -2.72. The molecule has 2 N–H and O–H groups in total. The molecule has 0 spiro atoms. The number of likely N-dealkylation sites (tertiary alicyclic amines) is 1. The molecule has 3 atom stereocenters. The van der Waals surface area contributed by atoms with E-state index in [1.165, 1.54) is 0 Å². The van der Waals surface area contributed by atoms with Gasteiger partial charge in [0.1, 0.15) is 0 Å². The lowest BCUT2D eigenvalue weighted by atomic mass is 9.91. The zero-order valence-corrected chi connectivity index (χ0v) is 18.4. The standard InChI is InChI=1S/C21H28Cl2N4O3/c22-15-4-3-14(9-16(15)23)10-20(29)27-8-7-26(11-19(24)28)18-13-30-12-17(21(18)27)25-5-1-2-6-25/h3-4,9,17-18,21H,1-2,5-8,10-13H2,(H2,24,28)/t17-,18?,21+/m0/s1. The van der Waals surface area contributed by atoms with Gasteiger partial charge in [-0.3, -0.25) is 19.4 Å². The third-order valence-electron chi connectivity index (χ3n) is 6.45. The van der Waals surface area contributed by atoms with Gasteiger partial charge in [-0.25, -0.2) is 0 Å². The average Bonchev–Trinajstić information content (AvgIpc) is 3.25. The van der Waals surface area contributed by atoms with Crippen LogP contribution in [0.4, 0.5) is 0 Å². The molecule has 3 aliphatic rings. The summed E-state index contributed by atoms with van der Waals surface area (Å²) in [6, 6.07) is 5.38. The lowest BCUT2D eigenvalue weighted by molar-refractivity contribution is -0.153. The van der Waals surface area contributed by atoms with E-state index < -0.39 is 0 Å². The Morgan fingerprint density at radius 2 is 1.77 bits per heavy atom. The quantitative estimate of drug-likeness (QED) is 0.727. The summed E-state index contributed by atoms with van der Waals surface area (Å²) in [6.07, 6.45) is 2.59. The second-order valence-electron chi connectivity index (χ2n) is 8.35. The molecule has 3 fully saturated rings. The summed E-state index contributed by atoms with van der Waals surface area (Å²) in [5.41, 5.74) is 6.33. The van der Waals surface area contributed by atoms with E-state index in [0.717, 1.165) is 31.5 Å². The number of carbonyl (C=O) groups excluding carboxylic acids is 2. The smallest absolute Gasteiger partial charge is 0.231 e. The molecule has 0 saturated carbocycles. The number of benzene rings is 1. The first-order chi connectivity index (χ1) is 14.4. The topological polar surface area (TPSA) is 79.1 Å². The fraction of sp³-hybridized carbons (Fsp3) is 0.619. The van der Waals surface area contributed by atoms with Crippen molar-refractivity contribution < 1.29 is 14.3 Å². The number of nitrogens with zero attached hydrogens (tertiary/aromatic N) is 3. The van der Waals surface area contributed by atoms with Crippen molar-refractivity contribution in [1.29, 1.82) is 0 Å². The Balaban J connectivity index is 1.57. The van der Waals surface area contributed by atoms with Gasteiger partial charge in [-0.1, -0.05) is 29.3 Å². The summed E-state index contributed by atoms with van der Waals surface area (Å²) in [7, 11) is 0. The molecule has 30 heavy (non-hydrogen) atoms. The number of rotatable bonds is 5. The number of primary amides is 1. The van der Waals surface area contributed by atoms with Crippen LogP contribution >= 0.6 is 23.2 Å². The largest absolute Gasteiger partial charge is 0.378 e. The predicted octanol–water partition coefficient (Wildman–Crippen LogP) is 1.40. The maximum atomic E-state index is 13.4. The predicted molar refractivity (Wildman–Crippen MR) is 116 cm³/mol. The Labute approximate surface area is 187 Å². The molecule has 3 saturated heterocycles.